The standard InChI is InChI=1S/C16H21N3O5/c1-10(16(23)24)18-14(21)9-17-15(22)13(19-11(2)20)8-12-6-4-3-5-7-12/h3-7,10,13H,8-9H2,1-2H3,(H,17,22)(H,18,21)(H,19,20)(H,23,24)/t10-,13-/m0/s1. The van der Waals surface area contributed by atoms with Gasteiger partial charge in [0.25, 0.3) is 0 Å². The lowest BCUT2D eigenvalue weighted by Gasteiger charge is -2.18. The zero-order valence-electron chi connectivity index (χ0n) is 13.5. The van der Waals surface area contributed by atoms with Gasteiger partial charge in [-0.3, -0.25) is 19.2 Å². The molecule has 4 N–H and O–H groups in total. The Labute approximate surface area is 139 Å². The van der Waals surface area contributed by atoms with Crippen LogP contribution in [-0.2, 0) is 25.6 Å². The minimum absolute atomic E-state index is 0.277. The van der Waals surface area contributed by atoms with Crippen LogP contribution < -0.4 is 16.0 Å². The fourth-order valence-electron chi connectivity index (χ4n) is 1.95. The first-order valence-corrected chi connectivity index (χ1v) is 7.40. The van der Waals surface area contributed by atoms with Crippen LogP contribution in [0.3, 0.4) is 0 Å². The molecule has 1 rings (SSSR count). The van der Waals surface area contributed by atoms with Crippen molar-refractivity contribution in [3.8, 4) is 0 Å². The molecule has 0 aliphatic heterocycles. The number of aliphatic carboxylic acids is 1. The van der Waals surface area contributed by atoms with E-state index >= 15 is 0 Å². The molecule has 8 heteroatoms. The molecule has 0 saturated carbocycles. The minimum atomic E-state index is -1.17. The number of nitrogens with one attached hydrogen (secondary N) is 3. The Kier molecular flexibility index (Phi) is 7.41. The van der Waals surface area contributed by atoms with E-state index in [2.05, 4.69) is 16.0 Å². The second-order valence-corrected chi connectivity index (χ2v) is 5.29. The van der Waals surface area contributed by atoms with Gasteiger partial charge in [-0.25, -0.2) is 0 Å². The summed E-state index contributed by atoms with van der Waals surface area (Å²) < 4.78 is 0. The summed E-state index contributed by atoms with van der Waals surface area (Å²) in [5.74, 6) is -2.68. The van der Waals surface area contributed by atoms with E-state index in [4.69, 9.17) is 5.11 Å². The topological polar surface area (TPSA) is 125 Å². The number of hydrogen-bond donors (Lipinski definition) is 4. The highest BCUT2D eigenvalue weighted by Gasteiger charge is 2.21. The van der Waals surface area contributed by atoms with Gasteiger partial charge in [-0.05, 0) is 12.5 Å². The molecule has 0 unspecified atom stereocenters. The molecular formula is C16H21N3O5. The molecular weight excluding hydrogens is 314 g/mol. The molecule has 8 nitrogen and oxygen atoms in total. The van der Waals surface area contributed by atoms with E-state index in [0.717, 1.165) is 5.56 Å². The molecule has 0 fully saturated rings. The van der Waals surface area contributed by atoms with E-state index in [9.17, 15) is 19.2 Å². The Hall–Kier alpha value is -2.90. The van der Waals surface area contributed by atoms with Crippen molar-refractivity contribution in [2.75, 3.05) is 6.54 Å². The summed E-state index contributed by atoms with van der Waals surface area (Å²) in [6, 6.07) is 7.24. The number of carboxylic acids is 1. The Morgan fingerprint density at radius 3 is 2.25 bits per heavy atom. The fourth-order valence-corrected chi connectivity index (χ4v) is 1.95. The third kappa shape index (κ3) is 6.91. The van der Waals surface area contributed by atoms with Crippen LogP contribution in [0.15, 0.2) is 30.3 Å². The number of amides is 3. The maximum Gasteiger partial charge on any atom is 0.325 e. The lowest BCUT2D eigenvalue weighted by atomic mass is 10.1. The predicted octanol–water partition coefficient (Wildman–Crippen LogP) is -0.561. The molecule has 0 aromatic heterocycles. The van der Waals surface area contributed by atoms with Gasteiger partial charge in [0.1, 0.15) is 12.1 Å². The highest BCUT2D eigenvalue weighted by Crippen LogP contribution is 2.03. The molecule has 0 heterocycles. The number of carbonyl (C=O) groups is 4. The van der Waals surface area contributed by atoms with Crippen molar-refractivity contribution in [3.63, 3.8) is 0 Å². The third-order valence-corrected chi connectivity index (χ3v) is 3.15. The molecule has 0 bridgehead atoms. The first kappa shape index (κ1) is 19.1. The Morgan fingerprint density at radius 1 is 1.08 bits per heavy atom. The average Bonchev–Trinajstić information content (AvgIpc) is 2.52. The molecule has 1 aromatic carbocycles. The summed E-state index contributed by atoms with van der Waals surface area (Å²) in [7, 11) is 0. The molecule has 2 atom stereocenters. The molecule has 0 aliphatic rings. The van der Waals surface area contributed by atoms with Gasteiger partial charge in [-0.1, -0.05) is 30.3 Å². The summed E-state index contributed by atoms with van der Waals surface area (Å²) >= 11 is 0. The molecule has 0 saturated heterocycles. The number of carboxylic acid groups (broad SMARTS) is 1. The van der Waals surface area contributed by atoms with Crippen LogP contribution in [0.2, 0.25) is 0 Å². The van der Waals surface area contributed by atoms with Gasteiger partial charge >= 0.3 is 5.97 Å². The van der Waals surface area contributed by atoms with Crippen LogP contribution in [0.25, 0.3) is 0 Å². The van der Waals surface area contributed by atoms with E-state index < -0.39 is 29.9 Å². The Balaban J connectivity index is 2.60. The van der Waals surface area contributed by atoms with E-state index in [-0.39, 0.29) is 18.9 Å². The quantitative estimate of drug-likeness (QED) is 0.507. The second kappa shape index (κ2) is 9.29. The maximum atomic E-state index is 12.2. The van der Waals surface area contributed by atoms with Crippen LogP contribution >= 0.6 is 0 Å². The van der Waals surface area contributed by atoms with Gasteiger partial charge < -0.3 is 21.1 Å². The largest absolute Gasteiger partial charge is 0.480 e. The van der Waals surface area contributed by atoms with Gasteiger partial charge in [0, 0.05) is 13.3 Å². The second-order valence-electron chi connectivity index (χ2n) is 5.29. The molecule has 1 aromatic rings. The van der Waals surface area contributed by atoms with Crippen LogP contribution in [0.4, 0.5) is 0 Å². The van der Waals surface area contributed by atoms with Crippen molar-refractivity contribution in [3.05, 3.63) is 35.9 Å². The minimum Gasteiger partial charge on any atom is -0.480 e. The SMILES string of the molecule is CC(=O)N[C@@H](Cc1ccccc1)C(=O)NCC(=O)N[C@@H](C)C(=O)O. The maximum absolute atomic E-state index is 12.2. The van der Waals surface area contributed by atoms with Gasteiger partial charge in [0.05, 0.1) is 6.54 Å². The highest BCUT2D eigenvalue weighted by molar-refractivity contribution is 5.91. The van der Waals surface area contributed by atoms with E-state index in [0.29, 0.717) is 0 Å². The zero-order chi connectivity index (χ0) is 18.1. The van der Waals surface area contributed by atoms with Gasteiger partial charge in [-0.2, -0.15) is 0 Å². The van der Waals surface area contributed by atoms with Crippen molar-refractivity contribution in [1.29, 1.82) is 0 Å². The zero-order valence-corrected chi connectivity index (χ0v) is 13.5. The summed E-state index contributed by atoms with van der Waals surface area (Å²) in [6.07, 6.45) is 0.277. The number of hydrogen-bond acceptors (Lipinski definition) is 4. The molecule has 0 radical (unpaired) electrons. The molecule has 0 aliphatic carbocycles. The first-order chi connectivity index (χ1) is 11.3. The summed E-state index contributed by atoms with van der Waals surface area (Å²) in [4.78, 5) is 45.7. The highest BCUT2D eigenvalue weighted by atomic mass is 16.4. The Morgan fingerprint density at radius 2 is 1.71 bits per heavy atom. The van der Waals surface area contributed by atoms with Crippen LogP contribution in [-0.4, -0.2) is 47.4 Å². The Bertz CT molecular complexity index is 603. The molecule has 130 valence electrons. The lowest BCUT2D eigenvalue weighted by Crippen LogP contribution is -2.50. The fraction of sp³-hybridized carbons (Fsp3) is 0.375. The third-order valence-electron chi connectivity index (χ3n) is 3.15. The average molecular weight is 335 g/mol. The van der Waals surface area contributed by atoms with Crippen molar-refractivity contribution < 1.29 is 24.3 Å². The molecule has 0 spiro atoms. The number of carbonyl (C=O) groups excluding carboxylic acids is 3. The van der Waals surface area contributed by atoms with Crippen molar-refractivity contribution in [1.82, 2.24) is 16.0 Å². The van der Waals surface area contributed by atoms with E-state index in [1.165, 1.54) is 13.8 Å². The predicted molar refractivity (Wildman–Crippen MR) is 86.0 cm³/mol. The van der Waals surface area contributed by atoms with Gasteiger partial charge in [-0.15, -0.1) is 0 Å². The normalized spacial score (nSPS) is 12.6. The molecule has 3 amide bonds. The summed E-state index contributed by atoms with van der Waals surface area (Å²) in [5.41, 5.74) is 0.857. The van der Waals surface area contributed by atoms with Crippen LogP contribution in [0.1, 0.15) is 19.4 Å². The first-order valence-electron chi connectivity index (χ1n) is 7.40. The monoisotopic (exact) mass is 335 g/mol. The van der Waals surface area contributed by atoms with E-state index in [1.807, 2.05) is 30.3 Å². The van der Waals surface area contributed by atoms with Crippen LogP contribution in [0.5, 0.6) is 0 Å². The van der Waals surface area contributed by atoms with Crippen LogP contribution in [0, 0.1) is 0 Å². The van der Waals surface area contributed by atoms with Crippen molar-refractivity contribution >= 4 is 23.7 Å². The molecule has 24 heavy (non-hydrogen) atoms. The van der Waals surface area contributed by atoms with Gasteiger partial charge in [0.2, 0.25) is 17.7 Å². The number of benzene rings is 1. The van der Waals surface area contributed by atoms with Crippen molar-refractivity contribution in [2.24, 2.45) is 0 Å². The number of rotatable bonds is 8. The lowest BCUT2D eigenvalue weighted by molar-refractivity contribution is -0.141. The smallest absolute Gasteiger partial charge is 0.325 e. The van der Waals surface area contributed by atoms with E-state index in [1.54, 1.807) is 0 Å². The van der Waals surface area contributed by atoms with Gasteiger partial charge in [0.15, 0.2) is 0 Å². The van der Waals surface area contributed by atoms with Crippen molar-refractivity contribution in [2.45, 2.75) is 32.4 Å². The summed E-state index contributed by atoms with van der Waals surface area (Å²) in [6.45, 7) is 2.24. The summed E-state index contributed by atoms with van der Waals surface area (Å²) in [5, 5.41) is 15.9.